The van der Waals surface area contributed by atoms with Gasteiger partial charge in [0.05, 0.1) is 11.1 Å². The van der Waals surface area contributed by atoms with Crippen molar-refractivity contribution in [3.63, 3.8) is 0 Å². The molecule has 0 bridgehead atoms. The molecular formula is C12H10N2O3. The summed E-state index contributed by atoms with van der Waals surface area (Å²) in [5.41, 5.74) is 2.43. The van der Waals surface area contributed by atoms with Crippen LogP contribution < -0.4 is 11.0 Å². The van der Waals surface area contributed by atoms with Crippen molar-refractivity contribution in [3.05, 3.63) is 46.2 Å². The molecule has 5 heteroatoms. The van der Waals surface area contributed by atoms with Gasteiger partial charge in [-0.2, -0.15) is 0 Å². The van der Waals surface area contributed by atoms with Crippen molar-refractivity contribution in [2.24, 2.45) is 0 Å². The highest BCUT2D eigenvalue weighted by Gasteiger charge is 2.08. The normalized spacial score (nSPS) is 10.2. The van der Waals surface area contributed by atoms with E-state index in [1.807, 2.05) is 0 Å². The second-order valence-electron chi connectivity index (χ2n) is 3.58. The van der Waals surface area contributed by atoms with E-state index in [2.05, 4.69) is 5.43 Å². The lowest BCUT2D eigenvalue weighted by molar-refractivity contribution is -0.115. The van der Waals surface area contributed by atoms with E-state index in [0.29, 0.717) is 17.2 Å². The van der Waals surface area contributed by atoms with Crippen LogP contribution in [0.4, 0.5) is 0 Å². The van der Waals surface area contributed by atoms with Crippen LogP contribution in [0.25, 0.3) is 10.9 Å². The lowest BCUT2D eigenvalue weighted by Crippen LogP contribution is -2.33. The smallest absolute Gasteiger partial charge is 0.280 e. The maximum absolute atomic E-state index is 11.9. The first-order chi connectivity index (χ1) is 8.13. The summed E-state index contributed by atoms with van der Waals surface area (Å²) in [5.74, 6) is -0.375. The molecule has 1 amide bonds. The second-order valence-corrected chi connectivity index (χ2v) is 3.58. The van der Waals surface area contributed by atoms with E-state index >= 15 is 0 Å². The quantitative estimate of drug-likeness (QED) is 0.779. The standard InChI is InChI=1S/C12H10N2O3/c1-8(16)13-14-11-5-3-2-4-9(11)6-10(7-15)12(14)17/h2-7H,1H3,(H,13,16). The first-order valence-electron chi connectivity index (χ1n) is 5.01. The Kier molecular flexibility index (Phi) is 2.74. The van der Waals surface area contributed by atoms with Crippen molar-refractivity contribution < 1.29 is 9.59 Å². The molecular weight excluding hydrogens is 220 g/mol. The summed E-state index contributed by atoms with van der Waals surface area (Å²) in [7, 11) is 0. The molecule has 0 atom stereocenters. The van der Waals surface area contributed by atoms with Gasteiger partial charge >= 0.3 is 0 Å². The molecule has 1 aromatic carbocycles. The number of amides is 1. The Morgan fingerprint density at radius 3 is 2.71 bits per heavy atom. The largest absolute Gasteiger partial charge is 0.298 e. The Morgan fingerprint density at radius 1 is 1.35 bits per heavy atom. The van der Waals surface area contributed by atoms with Gasteiger partial charge in [-0.05, 0) is 12.1 Å². The van der Waals surface area contributed by atoms with E-state index in [1.165, 1.54) is 13.0 Å². The Labute approximate surface area is 96.6 Å². The molecule has 0 aliphatic carbocycles. The topological polar surface area (TPSA) is 68.2 Å². The van der Waals surface area contributed by atoms with Gasteiger partial charge in [0.25, 0.3) is 5.56 Å². The third-order valence-electron chi connectivity index (χ3n) is 2.33. The number of hydrogen-bond acceptors (Lipinski definition) is 3. The lowest BCUT2D eigenvalue weighted by atomic mass is 10.2. The van der Waals surface area contributed by atoms with Gasteiger partial charge in [0.1, 0.15) is 0 Å². The molecule has 2 aromatic rings. The van der Waals surface area contributed by atoms with Gasteiger partial charge in [0, 0.05) is 12.3 Å². The summed E-state index contributed by atoms with van der Waals surface area (Å²) in [6.07, 6.45) is 0.479. The maximum atomic E-state index is 11.9. The fourth-order valence-electron chi connectivity index (χ4n) is 1.63. The number of benzene rings is 1. The summed E-state index contributed by atoms with van der Waals surface area (Å²) >= 11 is 0. The number of hydrogen-bond donors (Lipinski definition) is 1. The molecule has 1 heterocycles. The minimum atomic E-state index is -0.533. The minimum absolute atomic E-state index is 0.0115. The summed E-state index contributed by atoms with van der Waals surface area (Å²) in [6.45, 7) is 1.30. The van der Waals surface area contributed by atoms with E-state index in [-0.39, 0.29) is 11.5 Å². The number of nitrogens with one attached hydrogen (secondary N) is 1. The van der Waals surface area contributed by atoms with Gasteiger partial charge in [0.2, 0.25) is 5.91 Å². The highest BCUT2D eigenvalue weighted by atomic mass is 16.2. The van der Waals surface area contributed by atoms with Gasteiger partial charge in [-0.25, -0.2) is 4.68 Å². The molecule has 0 saturated carbocycles. The SMILES string of the molecule is CC(=O)Nn1c(=O)c(C=O)cc2ccccc21. The van der Waals surface area contributed by atoms with Crippen molar-refractivity contribution in [3.8, 4) is 0 Å². The first kappa shape index (κ1) is 11.1. The molecule has 0 saturated heterocycles. The van der Waals surface area contributed by atoms with Gasteiger partial charge in [-0.3, -0.25) is 19.8 Å². The summed E-state index contributed by atoms with van der Waals surface area (Å²) in [6, 6.07) is 8.50. The Bertz CT molecular complexity index is 658. The molecule has 17 heavy (non-hydrogen) atoms. The maximum Gasteiger partial charge on any atom is 0.280 e. The molecule has 0 aliphatic heterocycles. The summed E-state index contributed by atoms with van der Waals surface area (Å²) < 4.78 is 1.08. The monoisotopic (exact) mass is 230 g/mol. The number of fused-ring (bicyclic) bond motifs is 1. The Hall–Kier alpha value is -2.43. The van der Waals surface area contributed by atoms with Crippen molar-refractivity contribution >= 4 is 23.1 Å². The Balaban J connectivity index is 2.84. The van der Waals surface area contributed by atoms with Gasteiger partial charge in [0.15, 0.2) is 6.29 Å². The van der Waals surface area contributed by atoms with Crippen LogP contribution in [0, 0.1) is 0 Å². The van der Waals surface area contributed by atoms with Crippen molar-refractivity contribution in [1.82, 2.24) is 4.68 Å². The van der Waals surface area contributed by atoms with Crippen molar-refractivity contribution in [2.75, 3.05) is 5.43 Å². The molecule has 1 aromatic heterocycles. The zero-order valence-corrected chi connectivity index (χ0v) is 9.14. The average Bonchev–Trinajstić information content (AvgIpc) is 2.32. The molecule has 0 unspecified atom stereocenters. The Morgan fingerprint density at radius 2 is 2.06 bits per heavy atom. The number of carbonyl (C=O) groups excluding carboxylic acids is 2. The summed E-state index contributed by atoms with van der Waals surface area (Å²) in [4.78, 5) is 33.7. The zero-order valence-electron chi connectivity index (χ0n) is 9.14. The van der Waals surface area contributed by atoms with Gasteiger partial charge in [-0.15, -0.1) is 0 Å². The van der Waals surface area contributed by atoms with E-state index < -0.39 is 5.56 Å². The number of para-hydroxylation sites is 1. The highest BCUT2D eigenvalue weighted by Crippen LogP contribution is 2.11. The van der Waals surface area contributed by atoms with Crippen LogP contribution in [0.1, 0.15) is 17.3 Å². The molecule has 0 aliphatic rings. The first-order valence-corrected chi connectivity index (χ1v) is 5.01. The number of aromatic nitrogens is 1. The van der Waals surface area contributed by atoms with E-state index in [0.717, 1.165) is 4.68 Å². The number of pyridine rings is 1. The molecule has 0 fully saturated rings. The molecule has 1 N–H and O–H groups in total. The van der Waals surface area contributed by atoms with Crippen molar-refractivity contribution in [2.45, 2.75) is 6.92 Å². The number of rotatable bonds is 2. The second kappa shape index (κ2) is 4.21. The predicted molar refractivity (Wildman–Crippen MR) is 63.6 cm³/mol. The lowest BCUT2D eigenvalue weighted by Gasteiger charge is -2.10. The number of nitrogens with zero attached hydrogens (tertiary/aromatic N) is 1. The number of carbonyl (C=O) groups is 2. The van der Waals surface area contributed by atoms with Crippen LogP contribution in [0.5, 0.6) is 0 Å². The predicted octanol–water partition coefficient (Wildman–Crippen LogP) is 0.904. The van der Waals surface area contributed by atoms with Gasteiger partial charge in [-0.1, -0.05) is 18.2 Å². The third kappa shape index (κ3) is 1.94. The van der Waals surface area contributed by atoms with Crippen molar-refractivity contribution in [1.29, 1.82) is 0 Å². The van der Waals surface area contributed by atoms with E-state index in [1.54, 1.807) is 24.3 Å². The highest BCUT2D eigenvalue weighted by molar-refractivity contribution is 5.89. The van der Waals surface area contributed by atoms with Crippen LogP contribution in [0.2, 0.25) is 0 Å². The number of aldehydes is 1. The third-order valence-corrected chi connectivity index (χ3v) is 2.33. The van der Waals surface area contributed by atoms with Gasteiger partial charge < -0.3 is 0 Å². The van der Waals surface area contributed by atoms with E-state index in [4.69, 9.17) is 0 Å². The van der Waals surface area contributed by atoms with Crippen LogP contribution in [0.3, 0.4) is 0 Å². The average molecular weight is 230 g/mol. The van der Waals surface area contributed by atoms with Crippen LogP contribution in [-0.2, 0) is 4.79 Å². The van der Waals surface area contributed by atoms with Crippen LogP contribution in [0.15, 0.2) is 35.1 Å². The zero-order chi connectivity index (χ0) is 12.4. The minimum Gasteiger partial charge on any atom is -0.298 e. The van der Waals surface area contributed by atoms with Crippen LogP contribution in [-0.4, -0.2) is 16.9 Å². The fourth-order valence-corrected chi connectivity index (χ4v) is 1.63. The molecule has 5 nitrogen and oxygen atoms in total. The fraction of sp³-hybridized carbons (Fsp3) is 0.0833. The molecule has 2 rings (SSSR count). The summed E-state index contributed by atoms with van der Waals surface area (Å²) in [5, 5.41) is 0.711. The van der Waals surface area contributed by atoms with E-state index in [9.17, 15) is 14.4 Å². The van der Waals surface area contributed by atoms with Crippen LogP contribution >= 0.6 is 0 Å². The molecule has 0 spiro atoms. The molecule has 86 valence electrons. The molecule has 0 radical (unpaired) electrons.